The zero-order chi connectivity index (χ0) is 14.6. The Bertz CT molecular complexity index is 378. The van der Waals surface area contributed by atoms with Crippen molar-refractivity contribution in [3.05, 3.63) is 33.7 Å². The standard InChI is InChI=1S/C13H20BrNO5/c1-17-4-5-18-6-7-19-8-9-20-11-12-2-3-13(14)15(16)10-12/h2-3,10H,4-9,11H2,1H3. The predicted octanol–water partition coefficient (Wildman–Crippen LogP) is 1.28. The number of hydrogen-bond donors (Lipinski definition) is 0. The van der Waals surface area contributed by atoms with Gasteiger partial charge in [-0.15, -0.1) is 0 Å². The Kier molecular flexibility index (Phi) is 9.52. The van der Waals surface area contributed by atoms with Gasteiger partial charge in [-0.25, -0.2) is 0 Å². The molecule has 20 heavy (non-hydrogen) atoms. The Morgan fingerprint density at radius 1 is 1.00 bits per heavy atom. The normalized spacial score (nSPS) is 10.9. The number of ether oxygens (including phenoxy) is 4. The van der Waals surface area contributed by atoms with Crippen LogP contribution < -0.4 is 4.73 Å². The number of pyridine rings is 1. The highest BCUT2D eigenvalue weighted by Crippen LogP contribution is 2.05. The van der Waals surface area contributed by atoms with E-state index in [4.69, 9.17) is 18.9 Å². The number of aromatic nitrogens is 1. The summed E-state index contributed by atoms with van der Waals surface area (Å²) in [6.07, 6.45) is 1.48. The third-order valence-corrected chi connectivity index (χ3v) is 2.99. The molecule has 0 fully saturated rings. The molecule has 0 spiro atoms. The van der Waals surface area contributed by atoms with Crippen LogP contribution in [0.1, 0.15) is 5.56 Å². The van der Waals surface area contributed by atoms with Crippen LogP contribution in [0.5, 0.6) is 0 Å². The Morgan fingerprint density at radius 2 is 1.60 bits per heavy atom. The molecule has 0 aliphatic heterocycles. The van der Waals surface area contributed by atoms with Crippen molar-refractivity contribution in [1.29, 1.82) is 0 Å². The van der Waals surface area contributed by atoms with Gasteiger partial charge >= 0.3 is 0 Å². The monoisotopic (exact) mass is 349 g/mol. The molecule has 0 saturated carbocycles. The van der Waals surface area contributed by atoms with E-state index < -0.39 is 0 Å². The summed E-state index contributed by atoms with van der Waals surface area (Å²) in [6.45, 7) is 3.63. The van der Waals surface area contributed by atoms with Crippen LogP contribution in [0.2, 0.25) is 0 Å². The molecule has 0 atom stereocenters. The summed E-state index contributed by atoms with van der Waals surface area (Å²) in [5.74, 6) is 0. The van der Waals surface area contributed by atoms with Gasteiger partial charge in [0.2, 0.25) is 0 Å². The first kappa shape index (κ1) is 17.3. The van der Waals surface area contributed by atoms with Gasteiger partial charge in [-0.1, -0.05) is 0 Å². The lowest BCUT2D eigenvalue weighted by Crippen LogP contribution is -2.27. The Hall–Kier alpha value is -0.730. The minimum absolute atomic E-state index is 0.392. The van der Waals surface area contributed by atoms with Crippen molar-refractivity contribution in [3.63, 3.8) is 0 Å². The number of nitrogens with zero attached hydrogens (tertiary/aromatic N) is 1. The maximum atomic E-state index is 11.3. The predicted molar refractivity (Wildman–Crippen MR) is 76.3 cm³/mol. The second-order valence-corrected chi connectivity index (χ2v) is 4.77. The van der Waals surface area contributed by atoms with Crippen molar-refractivity contribution in [2.24, 2.45) is 0 Å². The average Bonchev–Trinajstić information content (AvgIpc) is 2.45. The van der Waals surface area contributed by atoms with Gasteiger partial charge in [0.25, 0.3) is 4.60 Å². The van der Waals surface area contributed by atoms with Crippen molar-refractivity contribution in [1.82, 2.24) is 0 Å². The van der Waals surface area contributed by atoms with Crippen molar-refractivity contribution in [2.45, 2.75) is 6.61 Å². The second kappa shape index (κ2) is 11.0. The highest BCUT2D eigenvalue weighted by molar-refractivity contribution is 9.10. The van der Waals surface area contributed by atoms with Gasteiger partial charge in [-0.3, -0.25) is 0 Å². The van der Waals surface area contributed by atoms with Gasteiger partial charge in [0.15, 0.2) is 6.20 Å². The molecule has 114 valence electrons. The lowest BCUT2D eigenvalue weighted by atomic mass is 10.3. The molecule has 1 aromatic heterocycles. The molecule has 1 heterocycles. The van der Waals surface area contributed by atoms with E-state index in [2.05, 4.69) is 15.9 Å². The third kappa shape index (κ3) is 7.76. The molecule has 0 amide bonds. The van der Waals surface area contributed by atoms with Crippen LogP contribution in [0, 0.1) is 5.21 Å². The lowest BCUT2D eigenvalue weighted by Gasteiger charge is -2.07. The van der Waals surface area contributed by atoms with E-state index in [1.807, 2.05) is 6.07 Å². The molecule has 0 radical (unpaired) electrons. The number of rotatable bonds is 11. The van der Waals surface area contributed by atoms with Crippen LogP contribution in [0.4, 0.5) is 0 Å². The quantitative estimate of drug-likeness (QED) is 0.260. The van der Waals surface area contributed by atoms with Crippen molar-refractivity contribution in [2.75, 3.05) is 46.8 Å². The summed E-state index contributed by atoms with van der Waals surface area (Å²) in [7, 11) is 1.64. The minimum Gasteiger partial charge on any atom is -0.618 e. The van der Waals surface area contributed by atoms with Crippen LogP contribution in [0.15, 0.2) is 22.9 Å². The Balaban J connectivity index is 1.95. The third-order valence-electron chi connectivity index (χ3n) is 2.37. The topological polar surface area (TPSA) is 63.9 Å². The summed E-state index contributed by atoms with van der Waals surface area (Å²) < 4.78 is 22.1. The number of halogens is 1. The molecule has 6 nitrogen and oxygen atoms in total. The molecule has 0 aliphatic rings. The molecule has 7 heteroatoms. The molecule has 0 unspecified atom stereocenters. The zero-order valence-corrected chi connectivity index (χ0v) is 13.1. The highest BCUT2D eigenvalue weighted by atomic mass is 79.9. The summed E-state index contributed by atoms with van der Waals surface area (Å²) in [6, 6.07) is 3.53. The van der Waals surface area contributed by atoms with E-state index in [0.29, 0.717) is 50.9 Å². The summed E-state index contributed by atoms with van der Waals surface area (Å²) in [4.78, 5) is 0. The van der Waals surface area contributed by atoms with E-state index >= 15 is 0 Å². The van der Waals surface area contributed by atoms with Crippen molar-refractivity contribution in [3.8, 4) is 0 Å². The number of methoxy groups -OCH3 is 1. The minimum atomic E-state index is 0.392. The van der Waals surface area contributed by atoms with Gasteiger partial charge < -0.3 is 24.2 Å². The molecular formula is C13H20BrNO5. The summed E-state index contributed by atoms with van der Waals surface area (Å²) in [5.41, 5.74) is 0.825. The van der Waals surface area contributed by atoms with Crippen molar-refractivity contribution < 1.29 is 23.7 Å². The Morgan fingerprint density at radius 3 is 2.20 bits per heavy atom. The van der Waals surface area contributed by atoms with Crippen LogP contribution in [0.3, 0.4) is 0 Å². The summed E-state index contributed by atoms with van der Waals surface area (Å²) >= 11 is 3.13. The fourth-order valence-corrected chi connectivity index (χ4v) is 1.60. The van der Waals surface area contributed by atoms with Crippen LogP contribution in [-0.4, -0.2) is 46.8 Å². The van der Waals surface area contributed by atoms with E-state index in [0.717, 1.165) is 10.3 Å². The summed E-state index contributed by atoms with van der Waals surface area (Å²) in [5, 5.41) is 11.3. The van der Waals surface area contributed by atoms with E-state index in [9.17, 15) is 5.21 Å². The van der Waals surface area contributed by atoms with E-state index in [-0.39, 0.29) is 0 Å². The largest absolute Gasteiger partial charge is 0.618 e. The first-order valence-corrected chi connectivity index (χ1v) is 7.13. The zero-order valence-electron chi connectivity index (χ0n) is 11.5. The van der Waals surface area contributed by atoms with Gasteiger partial charge in [-0.2, -0.15) is 4.73 Å². The maximum absolute atomic E-state index is 11.3. The van der Waals surface area contributed by atoms with Gasteiger partial charge in [0.05, 0.1) is 46.2 Å². The molecular weight excluding hydrogens is 330 g/mol. The fourth-order valence-electron chi connectivity index (χ4n) is 1.36. The smallest absolute Gasteiger partial charge is 0.259 e. The highest BCUT2D eigenvalue weighted by Gasteiger charge is 2.02. The second-order valence-electron chi connectivity index (χ2n) is 3.96. The molecule has 0 N–H and O–H groups in total. The fraction of sp³-hybridized carbons (Fsp3) is 0.615. The van der Waals surface area contributed by atoms with Crippen LogP contribution >= 0.6 is 15.9 Å². The van der Waals surface area contributed by atoms with Gasteiger partial charge in [0, 0.05) is 34.7 Å². The first-order chi connectivity index (χ1) is 9.74. The molecule has 1 aromatic rings. The number of hydrogen-bond acceptors (Lipinski definition) is 5. The van der Waals surface area contributed by atoms with Crippen molar-refractivity contribution >= 4 is 15.9 Å². The van der Waals surface area contributed by atoms with Crippen LogP contribution in [-0.2, 0) is 25.6 Å². The molecule has 0 bridgehead atoms. The SMILES string of the molecule is COCCOCCOCCOCc1ccc(Br)[n+]([O-])c1. The maximum Gasteiger partial charge on any atom is 0.259 e. The first-order valence-electron chi connectivity index (χ1n) is 6.34. The van der Waals surface area contributed by atoms with E-state index in [1.165, 1.54) is 6.20 Å². The average molecular weight is 350 g/mol. The molecule has 1 rings (SSSR count). The molecule has 0 aliphatic carbocycles. The Labute approximate surface area is 127 Å². The molecule has 0 aromatic carbocycles. The van der Waals surface area contributed by atoms with Gasteiger partial charge in [-0.05, 0) is 6.07 Å². The lowest BCUT2D eigenvalue weighted by molar-refractivity contribution is -0.617. The van der Waals surface area contributed by atoms with Gasteiger partial charge in [0.1, 0.15) is 0 Å². The van der Waals surface area contributed by atoms with Crippen LogP contribution in [0.25, 0.3) is 0 Å². The molecule has 0 saturated heterocycles. The van der Waals surface area contributed by atoms with E-state index in [1.54, 1.807) is 13.2 Å².